The minimum Gasteiger partial charge on any atom is -0.492 e. The van der Waals surface area contributed by atoms with Gasteiger partial charge in [-0.05, 0) is 68.5 Å². The molecular formula is C21H23FO2. The Morgan fingerprint density at radius 2 is 2.00 bits per heavy atom. The summed E-state index contributed by atoms with van der Waals surface area (Å²) in [6.45, 7) is 8.61. The van der Waals surface area contributed by atoms with Crippen molar-refractivity contribution in [1.82, 2.24) is 0 Å². The van der Waals surface area contributed by atoms with Crippen LogP contribution in [0.15, 0.2) is 53.1 Å². The Bertz CT molecular complexity index is 738. The Kier molecular flexibility index (Phi) is 4.70. The van der Waals surface area contributed by atoms with Crippen LogP contribution in [-0.2, 0) is 9.53 Å². The molecule has 24 heavy (non-hydrogen) atoms. The van der Waals surface area contributed by atoms with Gasteiger partial charge < -0.3 is 4.74 Å². The lowest BCUT2D eigenvalue weighted by atomic mass is 9.82. The molecule has 1 atom stereocenters. The summed E-state index contributed by atoms with van der Waals surface area (Å²) in [5, 5.41) is 0. The topological polar surface area (TPSA) is 26.3 Å². The van der Waals surface area contributed by atoms with Crippen LogP contribution in [0.25, 0.3) is 5.76 Å². The quantitative estimate of drug-likeness (QED) is 0.709. The highest BCUT2D eigenvalue weighted by Crippen LogP contribution is 2.41. The molecule has 0 spiro atoms. The van der Waals surface area contributed by atoms with Crippen molar-refractivity contribution >= 4 is 11.5 Å². The lowest BCUT2D eigenvalue weighted by Crippen LogP contribution is -2.12. The van der Waals surface area contributed by atoms with E-state index in [9.17, 15) is 9.18 Å². The monoisotopic (exact) mass is 326 g/mol. The van der Waals surface area contributed by atoms with Crippen molar-refractivity contribution < 1.29 is 13.9 Å². The molecule has 3 rings (SSSR count). The van der Waals surface area contributed by atoms with E-state index in [2.05, 4.69) is 6.58 Å². The minimum atomic E-state index is -0.258. The Hall–Kier alpha value is -2.16. The van der Waals surface area contributed by atoms with Crippen molar-refractivity contribution in [3.05, 3.63) is 64.5 Å². The lowest BCUT2D eigenvalue weighted by Gasteiger charge is -2.20. The molecule has 0 aromatic heterocycles. The molecule has 1 aliphatic heterocycles. The largest absolute Gasteiger partial charge is 0.492 e. The fourth-order valence-corrected chi connectivity index (χ4v) is 3.52. The molecule has 0 amide bonds. The van der Waals surface area contributed by atoms with E-state index >= 15 is 0 Å². The maximum atomic E-state index is 13.2. The SMILES string of the molecule is C=C(C)C1COC(c2ccc(F)cc2)=C1CC1=C(C)C(=O)CCC1. The van der Waals surface area contributed by atoms with E-state index in [0.717, 1.165) is 47.3 Å². The predicted octanol–water partition coefficient (Wildman–Crippen LogP) is 5.22. The van der Waals surface area contributed by atoms with Gasteiger partial charge in [0, 0.05) is 17.9 Å². The number of hydrogen-bond acceptors (Lipinski definition) is 2. The van der Waals surface area contributed by atoms with E-state index in [1.807, 2.05) is 13.8 Å². The molecule has 3 heteroatoms. The Morgan fingerprint density at radius 3 is 2.67 bits per heavy atom. The standard InChI is InChI=1S/C21H23FO2/c1-13(2)19-12-24-21(15-7-9-17(22)10-8-15)18(19)11-16-5-4-6-20(23)14(16)3/h7-10,19H,1,4-6,11-12H2,2-3H3. The first-order chi connectivity index (χ1) is 11.5. The van der Waals surface area contributed by atoms with Crippen molar-refractivity contribution in [3.8, 4) is 0 Å². The third-order valence-corrected chi connectivity index (χ3v) is 5.04. The highest BCUT2D eigenvalue weighted by atomic mass is 19.1. The summed E-state index contributed by atoms with van der Waals surface area (Å²) >= 11 is 0. The predicted molar refractivity (Wildman–Crippen MR) is 93.8 cm³/mol. The average Bonchev–Trinajstić information content (AvgIpc) is 2.96. The number of benzene rings is 1. The summed E-state index contributed by atoms with van der Waals surface area (Å²) in [5.74, 6) is 0.974. The van der Waals surface area contributed by atoms with Crippen LogP contribution in [0.5, 0.6) is 0 Å². The third kappa shape index (κ3) is 3.21. The normalized spacial score (nSPS) is 21.3. The summed E-state index contributed by atoms with van der Waals surface area (Å²) in [6.07, 6.45) is 3.27. The number of hydrogen-bond donors (Lipinski definition) is 0. The zero-order chi connectivity index (χ0) is 17.3. The molecule has 1 aromatic rings. The first-order valence-electron chi connectivity index (χ1n) is 8.46. The number of ketones is 1. The van der Waals surface area contributed by atoms with Gasteiger partial charge in [-0.2, -0.15) is 0 Å². The summed E-state index contributed by atoms with van der Waals surface area (Å²) < 4.78 is 19.2. The molecule has 1 unspecified atom stereocenters. The van der Waals surface area contributed by atoms with Crippen molar-refractivity contribution in [2.75, 3.05) is 6.61 Å². The maximum absolute atomic E-state index is 13.2. The molecule has 1 heterocycles. The van der Waals surface area contributed by atoms with E-state index in [0.29, 0.717) is 13.0 Å². The first kappa shape index (κ1) is 16.7. The summed E-state index contributed by atoms with van der Waals surface area (Å²) in [5.41, 5.74) is 5.22. The second kappa shape index (κ2) is 6.76. The van der Waals surface area contributed by atoms with E-state index < -0.39 is 0 Å². The van der Waals surface area contributed by atoms with Gasteiger partial charge in [-0.25, -0.2) is 4.39 Å². The third-order valence-electron chi connectivity index (χ3n) is 5.04. The van der Waals surface area contributed by atoms with Crippen LogP contribution in [0, 0.1) is 11.7 Å². The number of rotatable bonds is 4. The van der Waals surface area contributed by atoms with E-state index in [-0.39, 0.29) is 17.5 Å². The van der Waals surface area contributed by atoms with Crippen LogP contribution < -0.4 is 0 Å². The Balaban J connectivity index is 2.01. The van der Waals surface area contributed by atoms with Gasteiger partial charge in [-0.1, -0.05) is 17.7 Å². The van der Waals surface area contributed by atoms with Gasteiger partial charge in [-0.15, -0.1) is 0 Å². The number of halogens is 1. The summed E-state index contributed by atoms with van der Waals surface area (Å²) in [4.78, 5) is 12.0. The van der Waals surface area contributed by atoms with Crippen LogP contribution in [0.4, 0.5) is 4.39 Å². The molecule has 0 fully saturated rings. The molecule has 0 N–H and O–H groups in total. The molecular weight excluding hydrogens is 303 g/mol. The van der Waals surface area contributed by atoms with Gasteiger partial charge in [0.05, 0.1) is 6.61 Å². The van der Waals surface area contributed by atoms with E-state index in [4.69, 9.17) is 4.74 Å². The van der Waals surface area contributed by atoms with Crippen LogP contribution >= 0.6 is 0 Å². The number of Topliss-reactive ketones (excluding diaryl/α,β-unsaturated/α-hetero) is 1. The lowest BCUT2D eigenvalue weighted by molar-refractivity contribution is -0.116. The van der Waals surface area contributed by atoms with E-state index in [1.165, 1.54) is 17.7 Å². The average molecular weight is 326 g/mol. The van der Waals surface area contributed by atoms with Crippen molar-refractivity contribution in [1.29, 1.82) is 0 Å². The molecule has 1 aromatic carbocycles. The Labute approximate surface area is 142 Å². The smallest absolute Gasteiger partial charge is 0.158 e. The maximum Gasteiger partial charge on any atom is 0.158 e. The molecule has 1 aliphatic carbocycles. The van der Waals surface area contributed by atoms with Gasteiger partial charge in [-0.3, -0.25) is 4.79 Å². The van der Waals surface area contributed by atoms with Gasteiger partial charge in [0.2, 0.25) is 0 Å². The molecule has 0 bridgehead atoms. The van der Waals surface area contributed by atoms with E-state index in [1.54, 1.807) is 12.1 Å². The number of allylic oxidation sites excluding steroid dienone is 2. The summed E-state index contributed by atoms with van der Waals surface area (Å²) in [7, 11) is 0. The zero-order valence-corrected chi connectivity index (χ0v) is 14.3. The van der Waals surface area contributed by atoms with Crippen molar-refractivity contribution in [2.24, 2.45) is 5.92 Å². The molecule has 0 saturated heterocycles. The highest BCUT2D eigenvalue weighted by Gasteiger charge is 2.30. The minimum absolute atomic E-state index is 0.155. The van der Waals surface area contributed by atoms with Crippen molar-refractivity contribution in [3.63, 3.8) is 0 Å². The Morgan fingerprint density at radius 1 is 1.29 bits per heavy atom. The van der Waals surface area contributed by atoms with Gasteiger partial charge >= 0.3 is 0 Å². The molecule has 0 radical (unpaired) electrons. The number of carbonyl (C=O) groups excluding carboxylic acids is 1. The fourth-order valence-electron chi connectivity index (χ4n) is 3.52. The van der Waals surface area contributed by atoms with Gasteiger partial charge in [0.25, 0.3) is 0 Å². The second-order valence-corrected chi connectivity index (χ2v) is 6.75. The second-order valence-electron chi connectivity index (χ2n) is 6.75. The van der Waals surface area contributed by atoms with Crippen LogP contribution in [0.1, 0.15) is 45.1 Å². The number of carbonyl (C=O) groups is 1. The van der Waals surface area contributed by atoms with Gasteiger partial charge in [0.1, 0.15) is 11.6 Å². The van der Waals surface area contributed by atoms with Crippen molar-refractivity contribution in [2.45, 2.75) is 39.5 Å². The first-order valence-corrected chi connectivity index (χ1v) is 8.46. The molecule has 2 aliphatic rings. The van der Waals surface area contributed by atoms with Crippen LogP contribution in [0.3, 0.4) is 0 Å². The molecule has 2 nitrogen and oxygen atoms in total. The fraction of sp³-hybridized carbons (Fsp3) is 0.381. The van der Waals surface area contributed by atoms with Gasteiger partial charge in [0.15, 0.2) is 5.78 Å². The highest BCUT2D eigenvalue weighted by molar-refractivity contribution is 5.96. The molecule has 126 valence electrons. The zero-order valence-electron chi connectivity index (χ0n) is 14.3. The number of ether oxygens (including phenoxy) is 1. The van der Waals surface area contributed by atoms with Crippen LogP contribution in [-0.4, -0.2) is 12.4 Å². The molecule has 0 saturated carbocycles. The van der Waals surface area contributed by atoms with Crippen LogP contribution in [0.2, 0.25) is 0 Å². The summed E-state index contributed by atoms with van der Waals surface area (Å²) in [6, 6.07) is 6.40.